The van der Waals surface area contributed by atoms with E-state index in [0.717, 1.165) is 13.0 Å². The smallest absolute Gasteiger partial charge is 0.234 e. The van der Waals surface area contributed by atoms with Gasteiger partial charge in [0.05, 0.1) is 30.7 Å². The molecule has 0 fully saturated rings. The van der Waals surface area contributed by atoms with Gasteiger partial charge < -0.3 is 14.8 Å². The number of methoxy groups -OCH3 is 2. The summed E-state index contributed by atoms with van der Waals surface area (Å²) in [7, 11) is -0.574. The molecule has 2 N–H and O–H groups in total. The summed E-state index contributed by atoms with van der Waals surface area (Å²) in [6, 6.07) is 3.01. The van der Waals surface area contributed by atoms with Crippen molar-refractivity contribution in [1.29, 1.82) is 0 Å². The van der Waals surface area contributed by atoms with Crippen molar-refractivity contribution in [2.24, 2.45) is 0 Å². The first kappa shape index (κ1) is 17.9. The van der Waals surface area contributed by atoms with Crippen molar-refractivity contribution in [3.63, 3.8) is 0 Å². The standard InChI is InChI=1S/C13H21ClN2O4S/c1-4-5-15-6-7-21(17,18)16-11-9-12(19-2)10(14)8-13(11)20-3/h8-9,15-16H,4-7H2,1-3H3. The number of ether oxygens (including phenoxy) is 2. The zero-order valence-corrected chi connectivity index (χ0v) is 14.0. The highest BCUT2D eigenvalue weighted by atomic mass is 35.5. The van der Waals surface area contributed by atoms with E-state index < -0.39 is 10.0 Å². The van der Waals surface area contributed by atoms with Gasteiger partial charge in [0.25, 0.3) is 0 Å². The average Bonchev–Trinajstić information content (AvgIpc) is 2.44. The zero-order valence-electron chi connectivity index (χ0n) is 12.4. The highest BCUT2D eigenvalue weighted by molar-refractivity contribution is 7.92. The predicted octanol–water partition coefficient (Wildman–Crippen LogP) is 2.10. The molecule has 6 nitrogen and oxygen atoms in total. The second-order valence-corrected chi connectivity index (χ2v) is 6.61. The lowest BCUT2D eigenvalue weighted by molar-refractivity contribution is 0.405. The van der Waals surface area contributed by atoms with Crippen molar-refractivity contribution < 1.29 is 17.9 Å². The minimum Gasteiger partial charge on any atom is -0.495 e. The summed E-state index contributed by atoms with van der Waals surface area (Å²) >= 11 is 5.98. The highest BCUT2D eigenvalue weighted by Gasteiger charge is 2.16. The lowest BCUT2D eigenvalue weighted by atomic mass is 10.3. The maximum absolute atomic E-state index is 12.0. The third kappa shape index (κ3) is 5.61. The van der Waals surface area contributed by atoms with Gasteiger partial charge in [-0.1, -0.05) is 18.5 Å². The molecular weight excluding hydrogens is 316 g/mol. The van der Waals surface area contributed by atoms with E-state index in [9.17, 15) is 8.42 Å². The Balaban J connectivity index is 2.85. The first-order valence-electron chi connectivity index (χ1n) is 6.56. The summed E-state index contributed by atoms with van der Waals surface area (Å²) in [6.07, 6.45) is 0.954. The van der Waals surface area contributed by atoms with Crippen LogP contribution in [0.3, 0.4) is 0 Å². The Labute approximate surface area is 130 Å². The monoisotopic (exact) mass is 336 g/mol. The number of rotatable bonds is 9. The van der Waals surface area contributed by atoms with Gasteiger partial charge in [-0.15, -0.1) is 0 Å². The maximum Gasteiger partial charge on any atom is 0.234 e. The molecule has 8 heteroatoms. The molecule has 0 aliphatic rings. The average molecular weight is 337 g/mol. The van der Waals surface area contributed by atoms with Gasteiger partial charge in [-0.05, 0) is 13.0 Å². The summed E-state index contributed by atoms with van der Waals surface area (Å²) in [5, 5.41) is 3.39. The molecule has 0 amide bonds. The Morgan fingerprint density at radius 1 is 1.14 bits per heavy atom. The van der Waals surface area contributed by atoms with Gasteiger partial charge in [-0.25, -0.2) is 8.42 Å². The van der Waals surface area contributed by atoms with Crippen LogP contribution in [0.15, 0.2) is 12.1 Å². The number of nitrogens with one attached hydrogen (secondary N) is 2. The third-order valence-electron chi connectivity index (χ3n) is 2.71. The molecule has 1 rings (SSSR count). The quantitative estimate of drug-likeness (QED) is 0.675. The summed E-state index contributed by atoms with van der Waals surface area (Å²) in [4.78, 5) is 0. The molecule has 0 spiro atoms. The third-order valence-corrected chi connectivity index (χ3v) is 4.28. The van der Waals surface area contributed by atoms with Gasteiger partial charge >= 0.3 is 0 Å². The lowest BCUT2D eigenvalue weighted by Gasteiger charge is -2.14. The van der Waals surface area contributed by atoms with Crippen LogP contribution in [0.25, 0.3) is 0 Å². The summed E-state index contributed by atoms with van der Waals surface area (Å²) in [5.41, 5.74) is 0.300. The van der Waals surface area contributed by atoms with Crippen LogP contribution in [0.1, 0.15) is 13.3 Å². The van der Waals surface area contributed by atoms with E-state index in [1.165, 1.54) is 26.4 Å². The van der Waals surface area contributed by atoms with Crippen LogP contribution in [-0.4, -0.2) is 41.5 Å². The minimum absolute atomic E-state index is 0.0267. The van der Waals surface area contributed by atoms with E-state index in [1.807, 2.05) is 6.92 Å². The molecule has 0 unspecified atom stereocenters. The molecule has 0 aliphatic carbocycles. The number of anilines is 1. The second kappa shape index (κ2) is 8.31. The van der Waals surface area contributed by atoms with E-state index >= 15 is 0 Å². The van der Waals surface area contributed by atoms with Gasteiger partial charge in [-0.3, -0.25) is 4.72 Å². The Bertz CT molecular complexity index is 564. The molecule has 0 saturated heterocycles. The van der Waals surface area contributed by atoms with Crippen LogP contribution in [0.4, 0.5) is 5.69 Å². The minimum atomic E-state index is -3.48. The molecule has 1 aromatic rings. The fraction of sp³-hybridized carbons (Fsp3) is 0.538. The van der Waals surface area contributed by atoms with Crippen molar-refractivity contribution in [2.45, 2.75) is 13.3 Å². The van der Waals surface area contributed by atoms with Crippen LogP contribution in [0.2, 0.25) is 5.02 Å². The molecular formula is C13H21ClN2O4S. The van der Waals surface area contributed by atoms with Gasteiger partial charge in [0.1, 0.15) is 11.5 Å². The van der Waals surface area contributed by atoms with Crippen LogP contribution in [0.5, 0.6) is 11.5 Å². The number of benzene rings is 1. The van der Waals surface area contributed by atoms with Crippen molar-refractivity contribution >= 4 is 27.3 Å². The van der Waals surface area contributed by atoms with Crippen LogP contribution >= 0.6 is 11.6 Å². The summed E-state index contributed by atoms with van der Waals surface area (Å²) in [6.45, 7) is 3.19. The van der Waals surface area contributed by atoms with E-state index in [-0.39, 0.29) is 5.75 Å². The van der Waals surface area contributed by atoms with E-state index in [1.54, 1.807) is 0 Å². The summed E-state index contributed by atoms with van der Waals surface area (Å²) in [5.74, 6) is 0.686. The molecule has 0 aliphatic heterocycles. The topological polar surface area (TPSA) is 76.7 Å². The van der Waals surface area contributed by atoms with Crippen LogP contribution < -0.4 is 19.5 Å². The highest BCUT2D eigenvalue weighted by Crippen LogP contribution is 2.36. The summed E-state index contributed by atoms with van der Waals surface area (Å²) < 4.78 is 36.8. The molecule has 0 heterocycles. The fourth-order valence-electron chi connectivity index (χ4n) is 1.67. The van der Waals surface area contributed by atoms with Gasteiger partial charge in [0.2, 0.25) is 10.0 Å². The predicted molar refractivity (Wildman–Crippen MR) is 85.1 cm³/mol. The van der Waals surface area contributed by atoms with Crippen molar-refractivity contribution in [3.05, 3.63) is 17.2 Å². The zero-order chi connectivity index (χ0) is 15.9. The largest absolute Gasteiger partial charge is 0.495 e. The van der Waals surface area contributed by atoms with E-state index in [4.69, 9.17) is 21.1 Å². The molecule has 21 heavy (non-hydrogen) atoms. The Hall–Kier alpha value is -1.18. The van der Waals surface area contributed by atoms with Gasteiger partial charge in [0.15, 0.2) is 0 Å². The maximum atomic E-state index is 12.0. The molecule has 120 valence electrons. The Kier molecular flexibility index (Phi) is 7.07. The van der Waals surface area contributed by atoms with Crippen LogP contribution in [0, 0.1) is 0 Å². The number of halogens is 1. The SMILES string of the molecule is CCCNCCS(=O)(=O)Nc1cc(OC)c(Cl)cc1OC. The molecule has 1 aromatic carbocycles. The van der Waals surface area contributed by atoms with Crippen LogP contribution in [-0.2, 0) is 10.0 Å². The van der Waals surface area contributed by atoms with Crippen molar-refractivity contribution in [3.8, 4) is 11.5 Å². The number of sulfonamides is 1. The van der Waals surface area contributed by atoms with Crippen molar-refractivity contribution in [2.75, 3.05) is 37.8 Å². The molecule has 0 atom stereocenters. The molecule has 0 saturated carbocycles. The first-order chi connectivity index (χ1) is 9.93. The van der Waals surface area contributed by atoms with Gasteiger partial charge in [-0.2, -0.15) is 0 Å². The van der Waals surface area contributed by atoms with Gasteiger partial charge in [0, 0.05) is 18.7 Å². The lowest BCUT2D eigenvalue weighted by Crippen LogP contribution is -2.27. The first-order valence-corrected chi connectivity index (χ1v) is 8.59. The number of hydrogen-bond acceptors (Lipinski definition) is 5. The van der Waals surface area contributed by atoms with E-state index in [0.29, 0.717) is 28.8 Å². The number of hydrogen-bond donors (Lipinski definition) is 2. The Morgan fingerprint density at radius 3 is 2.38 bits per heavy atom. The van der Waals surface area contributed by atoms with E-state index in [2.05, 4.69) is 10.0 Å². The molecule has 0 aromatic heterocycles. The molecule has 0 radical (unpaired) electrons. The molecule has 0 bridgehead atoms. The van der Waals surface area contributed by atoms with Crippen molar-refractivity contribution in [1.82, 2.24) is 5.32 Å². The second-order valence-electron chi connectivity index (χ2n) is 4.36. The Morgan fingerprint density at radius 2 is 1.81 bits per heavy atom. The fourth-order valence-corrected chi connectivity index (χ4v) is 2.91. The normalized spacial score (nSPS) is 11.2.